The van der Waals surface area contributed by atoms with Gasteiger partial charge in [0.25, 0.3) is 5.91 Å². The zero-order valence-corrected chi connectivity index (χ0v) is 17.9. The predicted molar refractivity (Wildman–Crippen MR) is 118 cm³/mol. The molecule has 164 valence electrons. The molecule has 1 amide bonds. The third-order valence-electron chi connectivity index (χ3n) is 5.32. The Labute approximate surface area is 182 Å². The first-order chi connectivity index (χ1) is 15.0. The van der Waals surface area contributed by atoms with Crippen LogP contribution in [-0.2, 0) is 0 Å². The second-order valence-electron chi connectivity index (χ2n) is 7.49. The fraction of sp³-hybridized carbons (Fsp3) is 0.381. The summed E-state index contributed by atoms with van der Waals surface area (Å²) in [5, 5.41) is 13.1. The van der Waals surface area contributed by atoms with Crippen molar-refractivity contribution in [3.05, 3.63) is 40.8 Å². The predicted octanol–water partition coefficient (Wildman–Crippen LogP) is 2.82. The number of aryl methyl sites for hydroxylation is 1. The zero-order chi connectivity index (χ0) is 22.0. The van der Waals surface area contributed by atoms with Crippen LogP contribution < -0.4 is 15.8 Å². The van der Waals surface area contributed by atoms with Crippen LogP contribution in [0.1, 0.15) is 28.1 Å². The average Bonchev–Trinajstić information content (AvgIpc) is 3.08. The fourth-order valence-corrected chi connectivity index (χ4v) is 4.86. The quantitative estimate of drug-likeness (QED) is 0.512. The van der Waals surface area contributed by atoms with Gasteiger partial charge in [-0.05, 0) is 44.0 Å². The van der Waals surface area contributed by atoms with E-state index in [9.17, 15) is 14.3 Å². The first-order valence-electron chi connectivity index (χ1n) is 10.1. The summed E-state index contributed by atoms with van der Waals surface area (Å²) >= 11 is 1.21. The van der Waals surface area contributed by atoms with Gasteiger partial charge in [0.15, 0.2) is 0 Å². The van der Waals surface area contributed by atoms with Crippen molar-refractivity contribution in [2.75, 3.05) is 31.6 Å². The monoisotopic (exact) mass is 445 g/mol. The lowest BCUT2D eigenvalue weighted by molar-refractivity contribution is 0.0770. The van der Waals surface area contributed by atoms with Crippen molar-refractivity contribution in [3.63, 3.8) is 0 Å². The molecule has 4 N–H and O–H groups in total. The summed E-state index contributed by atoms with van der Waals surface area (Å²) in [4.78, 5) is 23.5. The van der Waals surface area contributed by atoms with Gasteiger partial charge in [0.05, 0.1) is 22.6 Å². The smallest absolute Gasteiger partial charge is 0.259 e. The summed E-state index contributed by atoms with van der Waals surface area (Å²) < 4.78 is 20.2. The van der Waals surface area contributed by atoms with Crippen LogP contribution in [0.4, 0.5) is 15.9 Å². The Bertz CT molecular complexity index is 1100. The van der Waals surface area contributed by atoms with Gasteiger partial charge in [-0.2, -0.15) is 0 Å². The van der Waals surface area contributed by atoms with E-state index in [1.807, 2.05) is 0 Å². The van der Waals surface area contributed by atoms with Gasteiger partial charge in [0.2, 0.25) is 0 Å². The molecule has 1 fully saturated rings. The van der Waals surface area contributed by atoms with E-state index in [-0.39, 0.29) is 12.7 Å². The van der Waals surface area contributed by atoms with Gasteiger partial charge < -0.3 is 20.9 Å². The maximum absolute atomic E-state index is 14.0. The summed E-state index contributed by atoms with van der Waals surface area (Å²) in [6, 6.07) is 4.30. The van der Waals surface area contributed by atoms with Gasteiger partial charge in [-0.25, -0.2) is 14.4 Å². The number of primary amides is 1. The van der Waals surface area contributed by atoms with Crippen LogP contribution in [0.2, 0.25) is 0 Å². The fourth-order valence-electron chi connectivity index (χ4n) is 3.86. The molecule has 3 heterocycles. The third kappa shape index (κ3) is 4.60. The molecular weight excluding hydrogens is 421 g/mol. The number of nitrogens with two attached hydrogens (primary N) is 1. The lowest BCUT2D eigenvalue weighted by Gasteiger charge is -2.32. The highest BCUT2D eigenvalue weighted by molar-refractivity contribution is 7.20. The topological polar surface area (TPSA) is 114 Å². The van der Waals surface area contributed by atoms with Crippen LogP contribution in [0.25, 0.3) is 10.2 Å². The van der Waals surface area contributed by atoms with E-state index >= 15 is 0 Å². The third-order valence-corrected chi connectivity index (χ3v) is 6.53. The molecule has 10 heteroatoms. The second kappa shape index (κ2) is 9.13. The average molecular weight is 446 g/mol. The number of halogens is 1. The zero-order valence-electron chi connectivity index (χ0n) is 17.1. The maximum atomic E-state index is 14.0. The van der Waals surface area contributed by atoms with Crippen LogP contribution in [0.15, 0.2) is 24.5 Å². The molecule has 0 bridgehead atoms. The molecule has 0 saturated carbocycles. The number of nitrogens with one attached hydrogen (secondary N) is 1. The highest BCUT2D eigenvalue weighted by atomic mass is 32.1. The van der Waals surface area contributed by atoms with Gasteiger partial charge in [0, 0.05) is 19.2 Å². The molecule has 4 rings (SSSR count). The van der Waals surface area contributed by atoms with Crippen LogP contribution >= 0.6 is 11.3 Å². The van der Waals surface area contributed by atoms with Gasteiger partial charge in [-0.3, -0.25) is 9.69 Å². The summed E-state index contributed by atoms with van der Waals surface area (Å²) in [5.74, 6) is -0.0417. The van der Waals surface area contributed by atoms with E-state index in [0.717, 1.165) is 19.4 Å². The maximum Gasteiger partial charge on any atom is 0.259 e. The number of aliphatic hydroxyl groups excluding tert-OH is 1. The van der Waals surface area contributed by atoms with E-state index in [0.29, 0.717) is 51.0 Å². The summed E-state index contributed by atoms with van der Waals surface area (Å²) in [7, 11) is 0. The van der Waals surface area contributed by atoms with E-state index in [4.69, 9.17) is 10.5 Å². The molecule has 1 atom stereocenters. The molecule has 1 aliphatic heterocycles. The number of fused-ring (bicyclic) bond motifs is 1. The van der Waals surface area contributed by atoms with Crippen molar-refractivity contribution in [1.82, 2.24) is 14.9 Å². The van der Waals surface area contributed by atoms with Crippen LogP contribution in [-0.4, -0.2) is 58.2 Å². The molecular formula is C21H24FN5O3S. The number of rotatable bonds is 7. The number of likely N-dealkylation sites (tertiary alicyclic amines) is 1. The SMILES string of the molecule is Cc1c(C(N)=O)sc2ncnc(Nc3ccc(F)cc3O[C@H]3CCCN(CCO)C3)c12. The van der Waals surface area contributed by atoms with Gasteiger partial charge in [-0.1, -0.05) is 0 Å². The molecule has 2 aromatic heterocycles. The van der Waals surface area contributed by atoms with Gasteiger partial charge in [0.1, 0.15) is 34.6 Å². The first-order valence-corrected chi connectivity index (χ1v) is 10.9. The highest BCUT2D eigenvalue weighted by Crippen LogP contribution is 2.36. The largest absolute Gasteiger partial charge is 0.487 e. The van der Waals surface area contributed by atoms with E-state index in [1.54, 1.807) is 13.0 Å². The number of anilines is 2. The molecule has 0 unspecified atom stereocenters. The second-order valence-corrected chi connectivity index (χ2v) is 8.49. The van der Waals surface area contributed by atoms with Crippen LogP contribution in [0.5, 0.6) is 5.75 Å². The molecule has 0 spiro atoms. The first kappa shape index (κ1) is 21.4. The standard InChI is InChI=1S/C21H24FN5O3S/c1-12-17-20(24-11-25-21(17)31-18(12)19(23)29)26-15-5-4-13(22)9-16(15)30-14-3-2-6-27(10-14)7-8-28/h4-5,9,11,14,28H,2-3,6-8,10H2,1H3,(H2,23,29)(H,24,25,26)/t14-/m0/s1. The Morgan fingerprint density at radius 2 is 2.29 bits per heavy atom. The van der Waals surface area contributed by atoms with Gasteiger partial charge >= 0.3 is 0 Å². The van der Waals surface area contributed by atoms with Crippen molar-refractivity contribution in [2.24, 2.45) is 5.73 Å². The molecule has 31 heavy (non-hydrogen) atoms. The minimum atomic E-state index is -0.512. The number of amides is 1. The molecule has 1 aliphatic rings. The highest BCUT2D eigenvalue weighted by Gasteiger charge is 2.23. The van der Waals surface area contributed by atoms with Crippen molar-refractivity contribution in [2.45, 2.75) is 25.9 Å². The number of aliphatic hydroxyl groups is 1. The minimum absolute atomic E-state index is 0.0937. The molecule has 0 radical (unpaired) electrons. The number of benzene rings is 1. The summed E-state index contributed by atoms with van der Waals surface area (Å²) in [6.07, 6.45) is 3.08. The van der Waals surface area contributed by atoms with Crippen molar-refractivity contribution >= 4 is 39.0 Å². The molecule has 1 saturated heterocycles. The van der Waals surface area contributed by atoms with Crippen molar-refractivity contribution in [3.8, 4) is 5.75 Å². The summed E-state index contributed by atoms with van der Waals surface area (Å²) in [6.45, 7) is 4.06. The number of piperidine rings is 1. The lowest BCUT2D eigenvalue weighted by atomic mass is 10.1. The van der Waals surface area contributed by atoms with Crippen LogP contribution in [0, 0.1) is 12.7 Å². The van der Waals surface area contributed by atoms with Crippen molar-refractivity contribution < 1.29 is 19.0 Å². The number of hydrogen-bond acceptors (Lipinski definition) is 8. The minimum Gasteiger partial charge on any atom is -0.487 e. The number of aromatic nitrogens is 2. The number of carbonyl (C=O) groups excluding carboxylic acids is 1. The Kier molecular flexibility index (Phi) is 6.30. The number of β-amino-alcohol motifs (C(OH)–C–C–N with tert-alkyl or cyclic N) is 1. The van der Waals surface area contributed by atoms with E-state index in [2.05, 4.69) is 20.2 Å². The Balaban J connectivity index is 1.63. The van der Waals surface area contributed by atoms with Gasteiger partial charge in [-0.15, -0.1) is 11.3 Å². The summed E-state index contributed by atoms with van der Waals surface area (Å²) in [5.41, 5.74) is 6.74. The van der Waals surface area contributed by atoms with E-state index < -0.39 is 11.7 Å². The molecule has 8 nitrogen and oxygen atoms in total. The number of nitrogens with zero attached hydrogens (tertiary/aromatic N) is 3. The molecule has 3 aromatic rings. The number of hydrogen-bond donors (Lipinski definition) is 3. The Morgan fingerprint density at radius 3 is 3.06 bits per heavy atom. The number of thiophene rings is 1. The van der Waals surface area contributed by atoms with Crippen LogP contribution in [0.3, 0.4) is 0 Å². The van der Waals surface area contributed by atoms with Crippen molar-refractivity contribution in [1.29, 1.82) is 0 Å². The lowest BCUT2D eigenvalue weighted by Crippen LogP contribution is -2.42. The number of carbonyl (C=O) groups is 1. The Morgan fingerprint density at radius 1 is 1.45 bits per heavy atom. The van der Waals surface area contributed by atoms with E-state index in [1.165, 1.54) is 29.8 Å². The molecule has 0 aliphatic carbocycles. The molecule has 1 aromatic carbocycles. The normalized spacial score (nSPS) is 17.1. The number of ether oxygens (including phenoxy) is 1. The Hall–Kier alpha value is -2.82.